The van der Waals surface area contributed by atoms with Crippen LogP contribution >= 0.6 is 11.6 Å². The molecule has 2 atom stereocenters. The van der Waals surface area contributed by atoms with E-state index in [1.807, 2.05) is 91.0 Å². The molecular weight excluding hydrogens is 540 g/mol. The zero-order valence-corrected chi connectivity index (χ0v) is 24.1. The van der Waals surface area contributed by atoms with Gasteiger partial charge in [-0.1, -0.05) is 108 Å². The number of benzene rings is 4. The summed E-state index contributed by atoms with van der Waals surface area (Å²) in [6.45, 7) is 1.30. The molecule has 5 aromatic rings. The first kappa shape index (κ1) is 27.8. The van der Waals surface area contributed by atoms with Gasteiger partial charge in [0.05, 0.1) is 0 Å². The largest absolute Gasteiger partial charge is 0.383 e. The van der Waals surface area contributed by atoms with Crippen LogP contribution in [0.15, 0.2) is 125 Å². The van der Waals surface area contributed by atoms with Crippen LogP contribution in [0.2, 0.25) is 5.02 Å². The Hall–Kier alpha value is -4.40. The van der Waals surface area contributed by atoms with Gasteiger partial charge in [-0.2, -0.15) is 0 Å². The Morgan fingerprint density at radius 3 is 2.43 bits per heavy atom. The minimum absolute atomic E-state index is 0.251. The van der Waals surface area contributed by atoms with E-state index in [1.54, 1.807) is 12.1 Å². The van der Waals surface area contributed by atoms with Crippen LogP contribution < -0.4 is 5.56 Å². The topological polar surface area (TPSA) is 56.3 Å². The highest BCUT2D eigenvalue weighted by Crippen LogP contribution is 2.46. The second kappa shape index (κ2) is 11.8. The normalized spacial score (nSPS) is 14.4. The number of fused-ring (bicyclic) bond motifs is 2. The van der Waals surface area contributed by atoms with Crippen molar-refractivity contribution in [3.63, 3.8) is 0 Å². The quantitative estimate of drug-likeness (QED) is 0.181. The number of nitrogens with zero attached hydrogens (tertiary/aromatic N) is 1. The van der Waals surface area contributed by atoms with Crippen LogP contribution in [-0.2, 0) is 6.54 Å². The highest BCUT2D eigenvalue weighted by Gasteiger charge is 2.45. The Morgan fingerprint density at radius 2 is 1.64 bits per heavy atom. The number of aliphatic hydroxyl groups is 1. The third kappa shape index (κ3) is 5.55. The molecule has 4 nitrogen and oxygen atoms in total. The highest BCUT2D eigenvalue weighted by molar-refractivity contribution is 6.31. The maximum absolute atomic E-state index is 13.8. The average molecular weight is 571 g/mol. The van der Waals surface area contributed by atoms with Gasteiger partial charge in [-0.3, -0.25) is 4.79 Å². The summed E-state index contributed by atoms with van der Waals surface area (Å²) in [5, 5.41) is 14.5. The van der Waals surface area contributed by atoms with Crippen LogP contribution in [0.3, 0.4) is 0 Å². The molecule has 0 radical (unpaired) electrons. The summed E-state index contributed by atoms with van der Waals surface area (Å²) in [5.41, 5.74) is 10.3. The van der Waals surface area contributed by atoms with E-state index in [-0.39, 0.29) is 5.56 Å². The first-order valence-electron chi connectivity index (χ1n) is 14.1. The Labute approximate surface area is 250 Å². The number of pyridine rings is 1. The molecule has 1 aliphatic carbocycles. The van der Waals surface area contributed by atoms with Crippen LogP contribution in [-0.4, -0.2) is 34.2 Å². The molecule has 1 heterocycles. The molecule has 2 N–H and O–H groups in total. The van der Waals surface area contributed by atoms with Crippen LogP contribution in [0.25, 0.3) is 22.6 Å². The predicted molar refractivity (Wildman–Crippen MR) is 172 cm³/mol. The van der Waals surface area contributed by atoms with Gasteiger partial charge in [0.15, 0.2) is 0 Å². The Bertz CT molecular complexity index is 1900. The van der Waals surface area contributed by atoms with E-state index < -0.39 is 11.5 Å². The van der Waals surface area contributed by atoms with Gasteiger partial charge < -0.3 is 15.0 Å². The Balaban J connectivity index is 1.53. The molecule has 208 valence electrons. The fraction of sp³-hybridized carbons (Fsp3) is 0.162. The third-order valence-corrected chi connectivity index (χ3v) is 8.25. The summed E-state index contributed by atoms with van der Waals surface area (Å²) < 4.78 is 0. The van der Waals surface area contributed by atoms with Crippen molar-refractivity contribution in [2.45, 2.75) is 24.5 Å². The number of hydrogen-bond acceptors (Lipinski definition) is 3. The first-order chi connectivity index (χ1) is 20.4. The molecule has 0 amide bonds. The minimum Gasteiger partial charge on any atom is -0.383 e. The smallest absolute Gasteiger partial charge is 0.252 e. The van der Waals surface area contributed by atoms with E-state index in [1.165, 1.54) is 5.56 Å². The molecular formula is C37H31ClN2O2. The minimum atomic E-state index is -1.51. The number of rotatable bonds is 9. The zero-order valence-electron chi connectivity index (χ0n) is 23.3. The molecule has 0 bridgehead atoms. The Kier molecular flexibility index (Phi) is 7.82. The summed E-state index contributed by atoms with van der Waals surface area (Å²) in [7, 11) is 2.05. The number of nitrogens with one attached hydrogen (secondary N) is 1. The van der Waals surface area contributed by atoms with Gasteiger partial charge in [0.25, 0.3) is 5.56 Å². The monoisotopic (exact) mass is 570 g/mol. The van der Waals surface area contributed by atoms with Crippen molar-refractivity contribution >= 4 is 34.2 Å². The summed E-state index contributed by atoms with van der Waals surface area (Å²) in [4.78, 5) is 19.1. The first-order valence-corrected chi connectivity index (χ1v) is 14.4. The van der Waals surface area contributed by atoms with Gasteiger partial charge in [-0.05, 0) is 71.5 Å². The summed E-state index contributed by atoms with van der Waals surface area (Å²) in [6.07, 6.45) is 2.23. The SMILES string of the molecule is CN(CCC(O)(C1=C=C=Cc2ccccc21)C(c1ccccc1)c1cc2cc(Cl)ccc2[nH]c1=O)Cc1ccccc1. The number of H-pyrrole nitrogens is 1. The zero-order chi connectivity index (χ0) is 29.1. The molecule has 1 aliphatic rings. The van der Waals surface area contributed by atoms with Gasteiger partial charge in [0.2, 0.25) is 0 Å². The van der Waals surface area contributed by atoms with Crippen molar-refractivity contribution < 1.29 is 5.11 Å². The lowest BCUT2D eigenvalue weighted by Crippen LogP contribution is -2.43. The fourth-order valence-electron chi connectivity index (χ4n) is 5.96. The highest BCUT2D eigenvalue weighted by atomic mass is 35.5. The average Bonchev–Trinajstić information content (AvgIpc) is 3.01. The summed E-state index contributed by atoms with van der Waals surface area (Å²) in [5.74, 6) is -0.702. The van der Waals surface area contributed by atoms with E-state index in [2.05, 4.69) is 40.5 Å². The molecule has 4 aromatic carbocycles. The molecule has 0 saturated heterocycles. The van der Waals surface area contributed by atoms with Gasteiger partial charge in [0.1, 0.15) is 5.60 Å². The molecule has 42 heavy (non-hydrogen) atoms. The second-order valence-corrected chi connectivity index (χ2v) is 11.3. The van der Waals surface area contributed by atoms with E-state index in [9.17, 15) is 9.90 Å². The molecule has 5 heteroatoms. The van der Waals surface area contributed by atoms with E-state index in [0.29, 0.717) is 34.6 Å². The standard InChI is InChI=1S/C37H31ClN2O2/c1-40(25-26-11-4-2-5-12-26)22-21-37(42,33-18-10-16-27-13-8-9-17-31(27)33)35(28-14-6-3-7-15-28)32-24-29-23-30(38)19-20-34(29)39-36(32)41/h2-9,11-17,19-20,23-24,35,42H,21-22,25H2,1H3,(H,39,41). The van der Waals surface area contributed by atoms with Gasteiger partial charge in [-0.15, -0.1) is 0 Å². The summed E-state index contributed by atoms with van der Waals surface area (Å²) >= 11 is 6.35. The molecule has 2 unspecified atom stereocenters. The number of halogens is 1. The lowest BCUT2D eigenvalue weighted by Gasteiger charge is -2.39. The predicted octanol–water partition coefficient (Wildman–Crippen LogP) is 7.43. The molecule has 0 spiro atoms. The van der Waals surface area contributed by atoms with E-state index >= 15 is 0 Å². The maximum atomic E-state index is 13.8. The van der Waals surface area contributed by atoms with Gasteiger partial charge in [0, 0.05) is 40.7 Å². The number of aromatic nitrogens is 1. The van der Waals surface area contributed by atoms with E-state index in [4.69, 9.17) is 11.6 Å². The third-order valence-electron chi connectivity index (χ3n) is 8.01. The molecule has 1 aromatic heterocycles. The van der Waals surface area contributed by atoms with Crippen LogP contribution in [0.1, 0.15) is 40.2 Å². The van der Waals surface area contributed by atoms with Gasteiger partial charge in [-0.25, -0.2) is 0 Å². The number of aromatic amines is 1. The van der Waals surface area contributed by atoms with Crippen LogP contribution in [0, 0.1) is 0 Å². The molecule has 0 aliphatic heterocycles. The molecule has 0 saturated carbocycles. The summed E-state index contributed by atoms with van der Waals surface area (Å²) in [6, 6.07) is 35.2. The van der Waals surface area contributed by atoms with Crippen LogP contribution in [0.4, 0.5) is 0 Å². The van der Waals surface area contributed by atoms with Gasteiger partial charge >= 0.3 is 0 Å². The van der Waals surface area contributed by atoms with E-state index in [0.717, 1.165) is 28.6 Å². The second-order valence-electron chi connectivity index (χ2n) is 10.9. The Morgan fingerprint density at radius 1 is 0.929 bits per heavy atom. The van der Waals surface area contributed by atoms with Crippen molar-refractivity contribution in [2.75, 3.05) is 13.6 Å². The lowest BCUT2D eigenvalue weighted by molar-refractivity contribution is 0.0633. The van der Waals surface area contributed by atoms with Crippen molar-refractivity contribution in [2.24, 2.45) is 0 Å². The number of hydrogen-bond donors (Lipinski definition) is 2. The lowest BCUT2D eigenvalue weighted by atomic mass is 9.69. The maximum Gasteiger partial charge on any atom is 0.252 e. The van der Waals surface area contributed by atoms with Crippen molar-refractivity contribution in [1.82, 2.24) is 9.88 Å². The van der Waals surface area contributed by atoms with Crippen molar-refractivity contribution in [1.29, 1.82) is 0 Å². The van der Waals surface area contributed by atoms with Crippen molar-refractivity contribution in [3.8, 4) is 0 Å². The van der Waals surface area contributed by atoms with Crippen molar-refractivity contribution in [3.05, 3.63) is 164 Å². The van der Waals surface area contributed by atoms with Crippen LogP contribution in [0.5, 0.6) is 0 Å². The molecule has 6 rings (SSSR count). The molecule has 0 fully saturated rings. The fourth-order valence-corrected chi connectivity index (χ4v) is 6.14.